The van der Waals surface area contributed by atoms with Gasteiger partial charge in [0.05, 0.1) is 16.5 Å². The fourth-order valence-corrected chi connectivity index (χ4v) is 3.77. The molecular weight excluding hydrogens is 420 g/mol. The summed E-state index contributed by atoms with van der Waals surface area (Å²) < 4.78 is 32.0. The Balaban J connectivity index is 1.53. The first-order valence-corrected chi connectivity index (χ1v) is 9.65. The Bertz CT molecular complexity index is 1140. The van der Waals surface area contributed by atoms with Crippen molar-refractivity contribution in [3.63, 3.8) is 0 Å². The lowest BCUT2D eigenvalue weighted by Gasteiger charge is -2.12. The van der Waals surface area contributed by atoms with E-state index in [1.165, 1.54) is 48.5 Å². The van der Waals surface area contributed by atoms with Gasteiger partial charge < -0.3 is 4.42 Å². The van der Waals surface area contributed by atoms with Crippen LogP contribution >= 0.6 is 23.4 Å². The molecule has 4 nitrogen and oxygen atoms in total. The van der Waals surface area contributed by atoms with Crippen LogP contribution < -0.4 is 0 Å². The molecule has 1 aliphatic heterocycles. The van der Waals surface area contributed by atoms with E-state index in [1.807, 2.05) is 0 Å². The average Bonchev–Trinajstić information content (AvgIpc) is 3.26. The van der Waals surface area contributed by atoms with Crippen LogP contribution in [0.4, 0.5) is 13.6 Å². The number of halogens is 3. The van der Waals surface area contributed by atoms with Gasteiger partial charge in [0, 0.05) is 11.6 Å². The number of imide groups is 1. The monoisotopic (exact) mass is 431 g/mol. The average molecular weight is 432 g/mol. The summed E-state index contributed by atoms with van der Waals surface area (Å²) in [5.41, 5.74) is 1.23. The van der Waals surface area contributed by atoms with Crippen molar-refractivity contribution in [1.82, 2.24) is 4.90 Å². The Morgan fingerprint density at radius 2 is 1.79 bits per heavy atom. The van der Waals surface area contributed by atoms with Crippen LogP contribution in [0.5, 0.6) is 0 Å². The summed E-state index contributed by atoms with van der Waals surface area (Å²) in [5.74, 6) is -0.556. The first kappa shape index (κ1) is 19.4. The van der Waals surface area contributed by atoms with Crippen molar-refractivity contribution < 1.29 is 22.8 Å². The highest BCUT2D eigenvalue weighted by Crippen LogP contribution is 2.34. The fraction of sp³-hybridized carbons (Fsp3) is 0.0476. The van der Waals surface area contributed by atoms with Crippen LogP contribution in [0, 0.1) is 11.6 Å². The number of hydrogen-bond donors (Lipinski definition) is 0. The van der Waals surface area contributed by atoms with Gasteiger partial charge in [-0.25, -0.2) is 8.78 Å². The van der Waals surface area contributed by atoms with Crippen LogP contribution in [-0.4, -0.2) is 16.0 Å². The Hall–Kier alpha value is -2.90. The minimum absolute atomic E-state index is 0.0256. The Kier molecular flexibility index (Phi) is 5.25. The zero-order valence-corrected chi connectivity index (χ0v) is 16.3. The second-order valence-electron chi connectivity index (χ2n) is 6.23. The van der Waals surface area contributed by atoms with E-state index in [1.54, 1.807) is 12.1 Å². The zero-order chi connectivity index (χ0) is 20.5. The highest BCUT2D eigenvalue weighted by molar-refractivity contribution is 8.18. The van der Waals surface area contributed by atoms with Crippen molar-refractivity contribution in [3.8, 4) is 11.3 Å². The molecular formula is C21H12ClF2NO3S. The number of thioether (sulfide) groups is 1. The van der Waals surface area contributed by atoms with E-state index in [9.17, 15) is 18.4 Å². The van der Waals surface area contributed by atoms with Gasteiger partial charge in [-0.15, -0.1) is 0 Å². The number of carbonyl (C=O) groups is 2. The molecule has 0 saturated carbocycles. The molecule has 146 valence electrons. The normalized spacial score (nSPS) is 15.6. The standard InChI is InChI=1S/C21H12ClF2NO3S/c22-16-9-13(3-7-17(16)24)18-8-6-15(28-18)10-19-20(26)25(21(27)29-19)11-12-1-4-14(23)5-2-12/h1-10H,11H2/b19-10-. The molecule has 4 rings (SSSR count). The topological polar surface area (TPSA) is 50.5 Å². The van der Waals surface area contributed by atoms with Crippen LogP contribution in [0.3, 0.4) is 0 Å². The molecule has 1 saturated heterocycles. The summed E-state index contributed by atoms with van der Waals surface area (Å²) in [6, 6.07) is 13.1. The summed E-state index contributed by atoms with van der Waals surface area (Å²) in [7, 11) is 0. The number of rotatable bonds is 4. The van der Waals surface area contributed by atoms with E-state index >= 15 is 0 Å². The van der Waals surface area contributed by atoms with Crippen LogP contribution in [-0.2, 0) is 11.3 Å². The Morgan fingerprint density at radius 1 is 1.03 bits per heavy atom. The van der Waals surface area contributed by atoms with Crippen molar-refractivity contribution in [2.75, 3.05) is 0 Å². The summed E-state index contributed by atoms with van der Waals surface area (Å²) in [6.07, 6.45) is 1.48. The summed E-state index contributed by atoms with van der Waals surface area (Å²) in [4.78, 5) is 26.1. The van der Waals surface area contributed by atoms with Gasteiger partial charge in [0.1, 0.15) is 23.2 Å². The van der Waals surface area contributed by atoms with E-state index in [4.69, 9.17) is 16.0 Å². The molecule has 0 aliphatic carbocycles. The largest absolute Gasteiger partial charge is 0.457 e. The molecule has 1 fully saturated rings. The van der Waals surface area contributed by atoms with Crippen LogP contribution in [0.1, 0.15) is 11.3 Å². The minimum atomic E-state index is -0.531. The van der Waals surface area contributed by atoms with Crippen molar-refractivity contribution in [2.24, 2.45) is 0 Å². The number of hydrogen-bond acceptors (Lipinski definition) is 4. The molecule has 2 amide bonds. The maximum absolute atomic E-state index is 13.3. The van der Waals surface area contributed by atoms with Crippen molar-refractivity contribution in [1.29, 1.82) is 0 Å². The van der Waals surface area contributed by atoms with E-state index in [-0.39, 0.29) is 22.3 Å². The Labute approximate surface area is 173 Å². The number of benzene rings is 2. The number of carbonyl (C=O) groups excluding carboxylic acids is 2. The third kappa shape index (κ3) is 4.11. The van der Waals surface area contributed by atoms with E-state index < -0.39 is 17.0 Å². The summed E-state index contributed by atoms with van der Waals surface area (Å²) in [5, 5.41) is -0.440. The van der Waals surface area contributed by atoms with Gasteiger partial charge in [-0.3, -0.25) is 14.5 Å². The fourth-order valence-electron chi connectivity index (χ4n) is 2.77. The molecule has 29 heavy (non-hydrogen) atoms. The van der Waals surface area contributed by atoms with E-state index in [0.717, 1.165) is 16.7 Å². The molecule has 0 radical (unpaired) electrons. The lowest BCUT2D eigenvalue weighted by Crippen LogP contribution is -2.27. The molecule has 0 spiro atoms. The van der Waals surface area contributed by atoms with Crippen LogP contribution in [0.2, 0.25) is 5.02 Å². The predicted octanol–water partition coefficient (Wildman–Crippen LogP) is 6.11. The van der Waals surface area contributed by atoms with Gasteiger partial charge in [0.2, 0.25) is 0 Å². The minimum Gasteiger partial charge on any atom is -0.457 e. The van der Waals surface area contributed by atoms with Gasteiger partial charge in [0.25, 0.3) is 11.1 Å². The molecule has 0 atom stereocenters. The number of nitrogens with zero attached hydrogens (tertiary/aromatic N) is 1. The first-order valence-electron chi connectivity index (χ1n) is 8.46. The highest BCUT2D eigenvalue weighted by Gasteiger charge is 2.35. The van der Waals surface area contributed by atoms with Crippen molar-refractivity contribution >= 4 is 40.6 Å². The van der Waals surface area contributed by atoms with Gasteiger partial charge in [-0.2, -0.15) is 0 Å². The molecule has 3 aromatic rings. The molecule has 2 heterocycles. The van der Waals surface area contributed by atoms with Crippen molar-refractivity contribution in [3.05, 3.63) is 87.5 Å². The molecule has 1 aromatic heterocycles. The quantitative estimate of drug-likeness (QED) is 0.467. The van der Waals surface area contributed by atoms with E-state index in [0.29, 0.717) is 22.6 Å². The number of furan rings is 1. The van der Waals surface area contributed by atoms with E-state index in [2.05, 4.69) is 0 Å². The second kappa shape index (κ2) is 7.85. The highest BCUT2D eigenvalue weighted by atomic mass is 35.5. The SMILES string of the molecule is O=C1S/C(=C\c2ccc(-c3ccc(F)c(Cl)c3)o2)C(=O)N1Cc1ccc(F)cc1. The predicted molar refractivity (Wildman–Crippen MR) is 107 cm³/mol. The number of amides is 2. The van der Waals surface area contributed by atoms with Gasteiger partial charge in [0.15, 0.2) is 0 Å². The summed E-state index contributed by atoms with van der Waals surface area (Å²) >= 11 is 6.60. The lowest BCUT2D eigenvalue weighted by atomic mass is 10.2. The zero-order valence-electron chi connectivity index (χ0n) is 14.7. The van der Waals surface area contributed by atoms with Gasteiger partial charge in [-0.1, -0.05) is 23.7 Å². The molecule has 8 heteroatoms. The first-order chi connectivity index (χ1) is 13.9. The maximum Gasteiger partial charge on any atom is 0.293 e. The maximum atomic E-state index is 13.3. The molecule has 2 aromatic carbocycles. The molecule has 1 aliphatic rings. The molecule has 0 bridgehead atoms. The van der Waals surface area contributed by atoms with Gasteiger partial charge >= 0.3 is 0 Å². The van der Waals surface area contributed by atoms with Crippen molar-refractivity contribution in [2.45, 2.75) is 6.54 Å². The molecule has 0 unspecified atom stereocenters. The molecule has 0 N–H and O–H groups in total. The van der Waals surface area contributed by atoms with Crippen LogP contribution in [0.25, 0.3) is 17.4 Å². The smallest absolute Gasteiger partial charge is 0.293 e. The second-order valence-corrected chi connectivity index (χ2v) is 7.63. The third-order valence-corrected chi connectivity index (χ3v) is 5.43. The van der Waals surface area contributed by atoms with Crippen LogP contribution in [0.15, 0.2) is 63.9 Å². The lowest BCUT2D eigenvalue weighted by molar-refractivity contribution is -0.123. The third-order valence-electron chi connectivity index (χ3n) is 4.23. The van der Waals surface area contributed by atoms with Gasteiger partial charge in [-0.05, 0) is 59.8 Å². The Morgan fingerprint density at radius 3 is 2.52 bits per heavy atom. The summed E-state index contributed by atoms with van der Waals surface area (Å²) in [6.45, 7) is 0.0553.